The first-order valence-electron chi connectivity index (χ1n) is 37.3. The highest BCUT2D eigenvalue weighted by molar-refractivity contribution is 7.47. The fraction of sp³-hybridized carbons (Fsp3) is 0.944. The second-order valence-corrected chi connectivity index (χ2v) is 30.3. The van der Waals surface area contributed by atoms with Crippen LogP contribution in [0.3, 0.4) is 0 Å². The molecule has 0 amide bonds. The van der Waals surface area contributed by atoms with Gasteiger partial charge in [-0.05, 0) is 43.4 Å². The highest BCUT2D eigenvalue weighted by atomic mass is 31.2. The van der Waals surface area contributed by atoms with Crippen molar-refractivity contribution in [1.82, 2.24) is 0 Å². The Labute approximate surface area is 556 Å². The predicted octanol–water partition coefficient (Wildman–Crippen LogP) is 20.6. The van der Waals surface area contributed by atoms with E-state index in [2.05, 4.69) is 48.5 Å². The van der Waals surface area contributed by atoms with Crippen molar-refractivity contribution in [2.75, 3.05) is 39.6 Å². The maximum atomic E-state index is 13.0. The number of hydrogen-bond donors (Lipinski definition) is 3. The lowest BCUT2D eigenvalue weighted by Crippen LogP contribution is -2.30. The molecule has 0 aliphatic carbocycles. The van der Waals surface area contributed by atoms with Crippen molar-refractivity contribution in [2.24, 2.45) is 17.8 Å². The number of unbranched alkanes of at least 4 members (excludes halogenated alkanes) is 38. The number of aliphatic hydroxyl groups excluding tert-OH is 1. The van der Waals surface area contributed by atoms with Gasteiger partial charge >= 0.3 is 39.5 Å². The molecule has 5 atom stereocenters. The molecule has 17 nitrogen and oxygen atoms in total. The van der Waals surface area contributed by atoms with Crippen molar-refractivity contribution in [2.45, 2.75) is 381 Å². The van der Waals surface area contributed by atoms with Crippen molar-refractivity contribution in [1.29, 1.82) is 0 Å². The number of esters is 4. The molecular weight excluding hydrogens is 1200 g/mol. The molecule has 0 rings (SSSR count). The van der Waals surface area contributed by atoms with Crippen molar-refractivity contribution in [3.05, 3.63) is 0 Å². The fourth-order valence-corrected chi connectivity index (χ4v) is 12.5. The van der Waals surface area contributed by atoms with Crippen LogP contribution in [-0.2, 0) is 65.4 Å². The minimum atomic E-state index is -4.95. The number of carbonyl (C=O) groups is 4. The average Bonchev–Trinajstić information content (AvgIpc) is 3.71. The maximum Gasteiger partial charge on any atom is 0.472 e. The van der Waals surface area contributed by atoms with Gasteiger partial charge in [0.2, 0.25) is 0 Å². The monoisotopic (exact) mass is 1340 g/mol. The SMILES string of the molecule is CCCCCCCCCCCCCCCCCCC(=O)O[C@H](COC(=O)CCCCCCCCCCCCCCC(C)C)COP(=O)(O)OC[C@@H](O)COP(=O)(O)OC[C@@H](COC(=O)CCCCCCCCCC(C)C)OC(=O)CCCCCCCCCC(C)C. The molecule has 0 bridgehead atoms. The number of phosphoric ester groups is 2. The molecule has 0 aromatic heterocycles. The lowest BCUT2D eigenvalue weighted by molar-refractivity contribution is -0.161. The van der Waals surface area contributed by atoms with Crippen LogP contribution in [0.15, 0.2) is 0 Å². The van der Waals surface area contributed by atoms with Gasteiger partial charge < -0.3 is 33.8 Å². The molecule has 0 fully saturated rings. The molecule has 0 aromatic carbocycles. The molecule has 540 valence electrons. The van der Waals surface area contributed by atoms with Gasteiger partial charge in [-0.2, -0.15) is 0 Å². The largest absolute Gasteiger partial charge is 0.472 e. The van der Waals surface area contributed by atoms with Crippen molar-refractivity contribution in [3.8, 4) is 0 Å². The summed E-state index contributed by atoms with van der Waals surface area (Å²) >= 11 is 0. The quantitative estimate of drug-likeness (QED) is 0.0222. The van der Waals surface area contributed by atoms with Crippen LogP contribution in [0.2, 0.25) is 0 Å². The van der Waals surface area contributed by atoms with Crippen LogP contribution in [0, 0.1) is 17.8 Å². The van der Waals surface area contributed by atoms with Gasteiger partial charge in [0.25, 0.3) is 0 Å². The second kappa shape index (κ2) is 62.8. The van der Waals surface area contributed by atoms with E-state index in [1.165, 1.54) is 167 Å². The van der Waals surface area contributed by atoms with E-state index in [0.717, 1.165) is 102 Å². The molecule has 0 spiro atoms. The summed E-state index contributed by atoms with van der Waals surface area (Å²) in [6.07, 6.45) is 47.4. The second-order valence-electron chi connectivity index (χ2n) is 27.4. The van der Waals surface area contributed by atoms with Gasteiger partial charge in [0, 0.05) is 25.7 Å². The minimum absolute atomic E-state index is 0.103. The van der Waals surface area contributed by atoms with Crippen LogP contribution < -0.4 is 0 Å². The van der Waals surface area contributed by atoms with Gasteiger partial charge in [-0.25, -0.2) is 9.13 Å². The lowest BCUT2D eigenvalue weighted by atomic mass is 10.0. The molecule has 0 heterocycles. The minimum Gasteiger partial charge on any atom is -0.462 e. The van der Waals surface area contributed by atoms with Gasteiger partial charge in [0.05, 0.1) is 26.4 Å². The Kier molecular flexibility index (Phi) is 61.5. The highest BCUT2D eigenvalue weighted by Gasteiger charge is 2.30. The van der Waals surface area contributed by atoms with E-state index < -0.39 is 97.5 Å². The number of carbonyl (C=O) groups excluding carboxylic acids is 4. The lowest BCUT2D eigenvalue weighted by Gasteiger charge is -2.21. The molecule has 0 saturated carbocycles. The smallest absolute Gasteiger partial charge is 0.462 e. The third-order valence-electron chi connectivity index (χ3n) is 16.6. The Morgan fingerprint density at radius 1 is 0.297 bits per heavy atom. The summed E-state index contributed by atoms with van der Waals surface area (Å²) in [4.78, 5) is 72.6. The molecule has 0 aliphatic rings. The van der Waals surface area contributed by atoms with Crippen LogP contribution in [-0.4, -0.2) is 96.7 Å². The normalized spacial score (nSPS) is 14.2. The Bertz CT molecular complexity index is 1780. The Balaban J connectivity index is 5.24. The number of aliphatic hydroxyl groups is 1. The zero-order chi connectivity index (χ0) is 67.3. The van der Waals surface area contributed by atoms with E-state index >= 15 is 0 Å². The van der Waals surface area contributed by atoms with E-state index in [-0.39, 0.29) is 25.7 Å². The summed E-state index contributed by atoms with van der Waals surface area (Å²) < 4.78 is 68.3. The van der Waals surface area contributed by atoms with Crippen molar-refractivity contribution < 1.29 is 80.2 Å². The van der Waals surface area contributed by atoms with Crippen LogP contribution in [0.1, 0.15) is 363 Å². The third-order valence-corrected chi connectivity index (χ3v) is 18.5. The molecule has 0 radical (unpaired) electrons. The predicted molar refractivity (Wildman–Crippen MR) is 368 cm³/mol. The number of rotatable bonds is 70. The first-order chi connectivity index (χ1) is 43.7. The van der Waals surface area contributed by atoms with Crippen LogP contribution in [0.25, 0.3) is 0 Å². The fourth-order valence-electron chi connectivity index (χ4n) is 10.9. The third kappa shape index (κ3) is 66.5. The summed E-state index contributed by atoms with van der Waals surface area (Å²) in [5.41, 5.74) is 0. The van der Waals surface area contributed by atoms with Gasteiger partial charge in [-0.1, -0.05) is 312 Å². The van der Waals surface area contributed by atoms with Gasteiger partial charge in [-0.15, -0.1) is 0 Å². The van der Waals surface area contributed by atoms with E-state index in [1.54, 1.807) is 0 Å². The van der Waals surface area contributed by atoms with Gasteiger partial charge in [0.15, 0.2) is 12.2 Å². The van der Waals surface area contributed by atoms with E-state index in [9.17, 15) is 43.2 Å². The maximum absolute atomic E-state index is 13.0. The topological polar surface area (TPSA) is 237 Å². The zero-order valence-electron chi connectivity index (χ0n) is 59.3. The van der Waals surface area contributed by atoms with Crippen LogP contribution >= 0.6 is 15.6 Å². The molecule has 0 aliphatic heterocycles. The van der Waals surface area contributed by atoms with Gasteiger partial charge in [-0.3, -0.25) is 37.3 Å². The highest BCUT2D eigenvalue weighted by Crippen LogP contribution is 2.45. The van der Waals surface area contributed by atoms with E-state index in [0.29, 0.717) is 37.5 Å². The first-order valence-corrected chi connectivity index (χ1v) is 40.3. The zero-order valence-corrected chi connectivity index (χ0v) is 61.1. The Hall–Kier alpha value is -1.94. The molecule has 19 heteroatoms. The average molecular weight is 1340 g/mol. The summed E-state index contributed by atoms with van der Waals surface area (Å²) in [5, 5.41) is 10.6. The molecule has 3 N–H and O–H groups in total. The summed E-state index contributed by atoms with van der Waals surface area (Å²) in [7, 11) is -9.90. The van der Waals surface area contributed by atoms with Gasteiger partial charge in [0.1, 0.15) is 19.3 Å². The molecule has 0 saturated heterocycles. The Morgan fingerprint density at radius 2 is 0.505 bits per heavy atom. The number of phosphoric acid groups is 2. The number of hydrogen-bond acceptors (Lipinski definition) is 15. The molecule has 91 heavy (non-hydrogen) atoms. The standard InChI is InChI=1S/C72H140O17P2/c1-8-9-10-11-12-13-14-15-16-17-18-23-26-33-41-48-55-71(76)88-67(59-82-69(74)53-46-39-32-25-22-20-19-21-24-29-36-43-50-63(2)3)61-86-90(78,79)84-57-66(73)58-85-91(80,81)87-62-68(89-72(77)56-49-42-35-28-31-38-45-52-65(6)7)60-83-70(75)54-47-40-34-27-30-37-44-51-64(4)5/h63-68,73H,8-62H2,1-7H3,(H,78,79)(H,80,81)/t66-,67-,68-/m1/s1. The van der Waals surface area contributed by atoms with Crippen LogP contribution in [0.4, 0.5) is 0 Å². The molecule has 0 aromatic rings. The first kappa shape index (κ1) is 89.1. The van der Waals surface area contributed by atoms with Crippen LogP contribution in [0.5, 0.6) is 0 Å². The van der Waals surface area contributed by atoms with E-state index in [4.69, 9.17) is 37.0 Å². The number of ether oxygens (including phenoxy) is 4. The summed E-state index contributed by atoms with van der Waals surface area (Å²) in [6, 6.07) is 0. The molecular formula is C72H140O17P2. The Morgan fingerprint density at radius 3 is 0.747 bits per heavy atom. The molecule has 2 unspecified atom stereocenters. The van der Waals surface area contributed by atoms with Crippen molar-refractivity contribution in [3.63, 3.8) is 0 Å². The van der Waals surface area contributed by atoms with Crippen molar-refractivity contribution >= 4 is 39.5 Å². The summed E-state index contributed by atoms with van der Waals surface area (Å²) in [6.45, 7) is 11.8. The van der Waals surface area contributed by atoms with E-state index in [1.807, 2.05) is 0 Å². The summed E-state index contributed by atoms with van der Waals surface area (Å²) in [5.74, 6) is 0.0570.